The number of nitrogens with zero attached hydrogens (tertiary/aromatic N) is 2. The van der Waals surface area contributed by atoms with Crippen LogP contribution in [-0.4, -0.2) is 18.7 Å². The minimum atomic E-state index is 0.857. The molecule has 0 aliphatic rings. The number of fused-ring (bicyclic) bond motifs is 1. The van der Waals surface area contributed by atoms with E-state index in [0.717, 1.165) is 17.3 Å². The van der Waals surface area contributed by atoms with E-state index in [1.165, 1.54) is 16.5 Å². The molecule has 3 heteroatoms. The Kier molecular flexibility index (Phi) is 3.34. The first kappa shape index (κ1) is 13.6. The Balaban J connectivity index is 2.04. The quantitative estimate of drug-likeness (QED) is 0.710. The summed E-state index contributed by atoms with van der Waals surface area (Å²) >= 11 is 0. The summed E-state index contributed by atoms with van der Waals surface area (Å²) in [6.45, 7) is 2.10. The Hall–Kier alpha value is -2.42. The van der Waals surface area contributed by atoms with Gasteiger partial charge in [-0.05, 0) is 25.1 Å². The molecule has 21 heavy (non-hydrogen) atoms. The second-order valence-electron chi connectivity index (χ2n) is 5.50. The van der Waals surface area contributed by atoms with Crippen LogP contribution in [0.2, 0.25) is 0 Å². The highest BCUT2D eigenvalue weighted by molar-refractivity contribution is 5.86. The summed E-state index contributed by atoms with van der Waals surface area (Å²) in [5.74, 6) is 1.75. The fourth-order valence-electron chi connectivity index (χ4n) is 2.64. The van der Waals surface area contributed by atoms with Crippen molar-refractivity contribution in [2.45, 2.75) is 6.92 Å². The van der Waals surface area contributed by atoms with Crippen LogP contribution in [0.3, 0.4) is 0 Å². The van der Waals surface area contributed by atoms with Crippen LogP contribution in [0, 0.1) is 6.92 Å². The van der Waals surface area contributed by atoms with Gasteiger partial charge in [-0.25, -0.2) is 0 Å². The van der Waals surface area contributed by atoms with Gasteiger partial charge in [-0.15, -0.1) is 0 Å². The van der Waals surface area contributed by atoms with Gasteiger partial charge in [0.15, 0.2) is 0 Å². The van der Waals surface area contributed by atoms with E-state index >= 15 is 0 Å². The summed E-state index contributed by atoms with van der Waals surface area (Å²) in [5, 5.41) is 1.23. The highest BCUT2D eigenvalue weighted by atomic mass is 16.5. The fraction of sp³-hybridized carbons (Fsp3) is 0.222. The van der Waals surface area contributed by atoms with Gasteiger partial charge in [0.05, 0.1) is 5.52 Å². The molecule has 0 saturated carbocycles. The van der Waals surface area contributed by atoms with Crippen molar-refractivity contribution < 1.29 is 4.74 Å². The van der Waals surface area contributed by atoms with Crippen molar-refractivity contribution >= 4 is 16.6 Å². The SMILES string of the molecule is Cc1c(Oc2cccc(N(C)C)c2)n(C)c2ccccc12. The predicted molar refractivity (Wildman–Crippen MR) is 88.5 cm³/mol. The Morgan fingerprint density at radius 2 is 1.76 bits per heavy atom. The smallest absolute Gasteiger partial charge is 0.203 e. The van der Waals surface area contributed by atoms with Gasteiger partial charge in [0.2, 0.25) is 5.88 Å². The Morgan fingerprint density at radius 3 is 2.48 bits per heavy atom. The lowest BCUT2D eigenvalue weighted by molar-refractivity contribution is 0.443. The molecule has 1 heterocycles. The molecule has 0 aliphatic heterocycles. The third-order valence-electron chi connectivity index (χ3n) is 3.84. The van der Waals surface area contributed by atoms with Crippen molar-refractivity contribution in [3.63, 3.8) is 0 Å². The number of benzene rings is 2. The van der Waals surface area contributed by atoms with E-state index < -0.39 is 0 Å². The number of aromatic nitrogens is 1. The fourth-order valence-corrected chi connectivity index (χ4v) is 2.64. The van der Waals surface area contributed by atoms with E-state index in [-0.39, 0.29) is 0 Å². The van der Waals surface area contributed by atoms with Gasteiger partial charge < -0.3 is 14.2 Å². The van der Waals surface area contributed by atoms with Crippen molar-refractivity contribution in [1.29, 1.82) is 0 Å². The van der Waals surface area contributed by atoms with Crippen molar-refractivity contribution in [3.8, 4) is 11.6 Å². The van der Waals surface area contributed by atoms with E-state index in [9.17, 15) is 0 Å². The second kappa shape index (κ2) is 5.17. The molecule has 0 saturated heterocycles. The summed E-state index contributed by atoms with van der Waals surface area (Å²) in [6, 6.07) is 16.5. The molecule has 0 unspecified atom stereocenters. The van der Waals surface area contributed by atoms with Crippen LogP contribution in [0.4, 0.5) is 5.69 Å². The average Bonchev–Trinajstić information content (AvgIpc) is 2.73. The largest absolute Gasteiger partial charge is 0.440 e. The van der Waals surface area contributed by atoms with Crippen LogP contribution in [0.1, 0.15) is 5.56 Å². The number of hydrogen-bond donors (Lipinski definition) is 0. The lowest BCUT2D eigenvalue weighted by atomic mass is 10.2. The van der Waals surface area contributed by atoms with Gasteiger partial charge in [0.25, 0.3) is 0 Å². The lowest BCUT2D eigenvalue weighted by Crippen LogP contribution is -2.08. The summed E-state index contributed by atoms with van der Waals surface area (Å²) in [4.78, 5) is 2.07. The molecule has 0 radical (unpaired) electrons. The van der Waals surface area contributed by atoms with Gasteiger partial charge in [0, 0.05) is 43.8 Å². The summed E-state index contributed by atoms with van der Waals surface area (Å²) in [7, 11) is 6.10. The number of rotatable bonds is 3. The number of aryl methyl sites for hydroxylation is 2. The van der Waals surface area contributed by atoms with Crippen molar-refractivity contribution in [3.05, 3.63) is 54.1 Å². The zero-order chi connectivity index (χ0) is 15.0. The maximum Gasteiger partial charge on any atom is 0.203 e. The van der Waals surface area contributed by atoms with E-state index in [1.54, 1.807) is 0 Å². The minimum absolute atomic E-state index is 0.857. The Bertz CT molecular complexity index is 748. The first-order chi connectivity index (χ1) is 10.1. The maximum atomic E-state index is 6.15. The highest BCUT2D eigenvalue weighted by Gasteiger charge is 2.13. The first-order valence-corrected chi connectivity index (χ1v) is 7.07. The molecule has 0 bridgehead atoms. The van der Waals surface area contributed by atoms with Crippen LogP contribution in [0.5, 0.6) is 11.6 Å². The minimum Gasteiger partial charge on any atom is -0.440 e. The zero-order valence-corrected chi connectivity index (χ0v) is 12.9. The molecule has 108 valence electrons. The molecule has 0 spiro atoms. The summed E-state index contributed by atoms with van der Waals surface area (Å²) in [6.07, 6.45) is 0. The summed E-state index contributed by atoms with van der Waals surface area (Å²) in [5.41, 5.74) is 3.49. The Labute approximate surface area is 125 Å². The molecular weight excluding hydrogens is 260 g/mol. The number of para-hydroxylation sites is 1. The molecule has 0 N–H and O–H groups in total. The molecule has 2 aromatic carbocycles. The highest BCUT2D eigenvalue weighted by Crippen LogP contribution is 2.34. The maximum absolute atomic E-state index is 6.15. The topological polar surface area (TPSA) is 17.4 Å². The van der Waals surface area contributed by atoms with Gasteiger partial charge in [-0.1, -0.05) is 24.3 Å². The molecule has 0 amide bonds. The van der Waals surface area contributed by atoms with Crippen molar-refractivity contribution in [2.24, 2.45) is 7.05 Å². The third kappa shape index (κ3) is 2.35. The van der Waals surface area contributed by atoms with E-state index in [2.05, 4.69) is 52.8 Å². The van der Waals surface area contributed by atoms with Crippen LogP contribution < -0.4 is 9.64 Å². The molecule has 0 fully saturated rings. The van der Waals surface area contributed by atoms with Gasteiger partial charge in [0.1, 0.15) is 5.75 Å². The predicted octanol–water partition coefficient (Wildman–Crippen LogP) is 4.35. The number of anilines is 1. The molecular formula is C18H20N2O. The van der Waals surface area contributed by atoms with E-state index in [1.807, 2.05) is 33.3 Å². The molecule has 3 rings (SSSR count). The zero-order valence-electron chi connectivity index (χ0n) is 12.9. The van der Waals surface area contributed by atoms with Crippen molar-refractivity contribution in [2.75, 3.05) is 19.0 Å². The number of ether oxygens (including phenoxy) is 1. The van der Waals surface area contributed by atoms with Crippen LogP contribution in [0.25, 0.3) is 10.9 Å². The van der Waals surface area contributed by atoms with Crippen LogP contribution >= 0.6 is 0 Å². The third-order valence-corrected chi connectivity index (χ3v) is 3.84. The lowest BCUT2D eigenvalue weighted by Gasteiger charge is -2.14. The Morgan fingerprint density at radius 1 is 1.00 bits per heavy atom. The average molecular weight is 280 g/mol. The molecule has 3 aromatic rings. The molecule has 0 atom stereocenters. The number of hydrogen-bond acceptors (Lipinski definition) is 2. The molecule has 1 aromatic heterocycles. The normalized spacial score (nSPS) is 10.9. The molecule has 0 aliphatic carbocycles. The summed E-state index contributed by atoms with van der Waals surface area (Å²) < 4.78 is 8.26. The van der Waals surface area contributed by atoms with E-state index in [4.69, 9.17) is 4.74 Å². The monoisotopic (exact) mass is 280 g/mol. The molecule has 3 nitrogen and oxygen atoms in total. The van der Waals surface area contributed by atoms with Crippen LogP contribution in [-0.2, 0) is 7.05 Å². The van der Waals surface area contributed by atoms with E-state index in [0.29, 0.717) is 0 Å². The standard InChI is InChI=1S/C18H20N2O/c1-13-16-10-5-6-11-17(16)20(4)18(13)21-15-9-7-8-14(12-15)19(2)3/h5-12H,1-4H3. The van der Waals surface area contributed by atoms with Gasteiger partial charge in [-0.3, -0.25) is 0 Å². The second-order valence-corrected chi connectivity index (χ2v) is 5.50. The van der Waals surface area contributed by atoms with Crippen molar-refractivity contribution in [1.82, 2.24) is 4.57 Å². The van der Waals surface area contributed by atoms with Gasteiger partial charge in [-0.2, -0.15) is 0 Å². The first-order valence-electron chi connectivity index (χ1n) is 7.07. The van der Waals surface area contributed by atoms with Crippen LogP contribution in [0.15, 0.2) is 48.5 Å². The van der Waals surface area contributed by atoms with Gasteiger partial charge >= 0.3 is 0 Å².